The molecule has 5 nitrogen and oxygen atoms in total. The van der Waals surface area contributed by atoms with E-state index in [4.69, 9.17) is 21.6 Å². The third kappa shape index (κ3) is 7.29. The highest BCUT2D eigenvalue weighted by molar-refractivity contribution is 6.31. The summed E-state index contributed by atoms with van der Waals surface area (Å²) in [5, 5.41) is 23.1. The monoisotopic (exact) mass is 423 g/mol. The van der Waals surface area contributed by atoms with Crippen molar-refractivity contribution < 1.29 is 9.84 Å². The highest BCUT2D eigenvalue weighted by atomic mass is 35.5. The van der Waals surface area contributed by atoms with E-state index in [2.05, 4.69) is 37.1 Å². The summed E-state index contributed by atoms with van der Waals surface area (Å²) in [6.45, 7) is 6.71. The first kappa shape index (κ1) is 24.2. The van der Waals surface area contributed by atoms with Gasteiger partial charge in [-0.3, -0.25) is 4.98 Å². The van der Waals surface area contributed by atoms with Crippen molar-refractivity contribution in [2.75, 3.05) is 13.2 Å². The van der Waals surface area contributed by atoms with Crippen LogP contribution in [0, 0.1) is 11.3 Å². The first-order chi connectivity index (χ1) is 12.8. The Morgan fingerprint density at radius 2 is 2.11 bits per heavy atom. The highest BCUT2D eigenvalue weighted by Gasteiger charge is 2.20. The molecular formula is C21H27Cl2N3O2. The van der Waals surface area contributed by atoms with Gasteiger partial charge in [-0.2, -0.15) is 5.26 Å². The van der Waals surface area contributed by atoms with Gasteiger partial charge in [-0.05, 0) is 50.1 Å². The summed E-state index contributed by atoms with van der Waals surface area (Å²) in [6.07, 6.45) is 2.85. The van der Waals surface area contributed by atoms with Crippen molar-refractivity contribution >= 4 is 24.0 Å². The fraction of sp³-hybridized carbons (Fsp3) is 0.429. The van der Waals surface area contributed by atoms with E-state index in [1.54, 1.807) is 18.2 Å². The van der Waals surface area contributed by atoms with Crippen LogP contribution in [0.2, 0.25) is 5.02 Å². The van der Waals surface area contributed by atoms with Crippen LogP contribution in [0.25, 0.3) is 0 Å². The average Bonchev–Trinajstić information content (AvgIpc) is 2.64. The maximum Gasteiger partial charge on any atom is 0.138 e. The van der Waals surface area contributed by atoms with E-state index in [-0.39, 0.29) is 30.1 Å². The van der Waals surface area contributed by atoms with Gasteiger partial charge in [-0.15, -0.1) is 12.4 Å². The number of rotatable bonds is 9. The Morgan fingerprint density at radius 1 is 1.36 bits per heavy atom. The minimum Gasteiger partial charge on any atom is -0.489 e. The third-order valence-electron chi connectivity index (χ3n) is 4.25. The molecule has 1 unspecified atom stereocenters. The van der Waals surface area contributed by atoms with E-state index in [1.165, 1.54) is 5.56 Å². The summed E-state index contributed by atoms with van der Waals surface area (Å²) in [4.78, 5) is 4.43. The zero-order chi connectivity index (χ0) is 19.9. The Bertz CT molecular complexity index is 806. The molecule has 0 radical (unpaired) electrons. The molecular weight excluding hydrogens is 397 g/mol. The van der Waals surface area contributed by atoms with Crippen molar-refractivity contribution in [3.05, 3.63) is 58.4 Å². The average molecular weight is 424 g/mol. The van der Waals surface area contributed by atoms with Gasteiger partial charge >= 0.3 is 0 Å². The predicted octanol–water partition coefficient (Wildman–Crippen LogP) is 3.94. The van der Waals surface area contributed by atoms with E-state index < -0.39 is 6.10 Å². The number of benzene rings is 1. The topological polar surface area (TPSA) is 78.2 Å². The molecule has 1 aromatic heterocycles. The lowest BCUT2D eigenvalue weighted by Gasteiger charge is -2.27. The largest absolute Gasteiger partial charge is 0.489 e. The van der Waals surface area contributed by atoms with Crippen LogP contribution in [0.15, 0.2) is 36.5 Å². The lowest BCUT2D eigenvalue weighted by atomic mass is 9.96. The van der Waals surface area contributed by atoms with Crippen LogP contribution >= 0.6 is 24.0 Å². The number of aliphatic hydroxyl groups is 1. The number of nitriles is 1. The molecule has 1 atom stereocenters. The van der Waals surface area contributed by atoms with E-state index in [0.717, 1.165) is 18.5 Å². The van der Waals surface area contributed by atoms with Crippen LogP contribution in [-0.4, -0.2) is 34.9 Å². The maximum absolute atomic E-state index is 10.2. The van der Waals surface area contributed by atoms with E-state index >= 15 is 0 Å². The Labute approximate surface area is 178 Å². The number of β-amino-alcohol motifs (C(OH)–C–C–N with tert-alkyl or cyclic N) is 1. The Morgan fingerprint density at radius 3 is 2.79 bits per heavy atom. The summed E-state index contributed by atoms with van der Waals surface area (Å²) in [5.74, 6) is 0.379. The second kappa shape index (κ2) is 11.2. The second-order valence-corrected chi connectivity index (χ2v) is 7.55. The lowest BCUT2D eigenvalue weighted by molar-refractivity contribution is 0.0986. The first-order valence-corrected chi connectivity index (χ1v) is 9.40. The van der Waals surface area contributed by atoms with Gasteiger partial charge in [0.25, 0.3) is 0 Å². The van der Waals surface area contributed by atoms with Crippen molar-refractivity contribution in [2.24, 2.45) is 0 Å². The number of hydrogen-bond donors (Lipinski definition) is 2. The fourth-order valence-corrected chi connectivity index (χ4v) is 2.94. The molecule has 0 bridgehead atoms. The van der Waals surface area contributed by atoms with Crippen LogP contribution in [0.4, 0.5) is 0 Å². The zero-order valence-corrected chi connectivity index (χ0v) is 18.0. The van der Waals surface area contributed by atoms with Gasteiger partial charge in [0.1, 0.15) is 30.1 Å². The molecule has 0 aliphatic rings. The molecule has 0 aliphatic heterocycles. The van der Waals surface area contributed by atoms with E-state index in [1.807, 2.05) is 18.3 Å². The molecule has 0 amide bonds. The van der Waals surface area contributed by atoms with Crippen LogP contribution in [0.5, 0.6) is 5.75 Å². The standard InChI is InChI=1S/C21H26ClN3O2.ClH/c1-4-15-8-9-24-16(10-15)11-21(2,3)25-13-17(26)14-27-20-7-5-6-19(22)18(20)12-23;/h5-10,17,25-26H,4,11,13-14H2,1-3H3;1H. The molecule has 0 saturated heterocycles. The molecule has 7 heteroatoms. The number of hydrogen-bond acceptors (Lipinski definition) is 5. The predicted molar refractivity (Wildman–Crippen MR) is 114 cm³/mol. The highest BCUT2D eigenvalue weighted by Crippen LogP contribution is 2.25. The van der Waals surface area contributed by atoms with Crippen molar-refractivity contribution in [1.29, 1.82) is 5.26 Å². The summed E-state index contributed by atoms with van der Waals surface area (Å²) in [6, 6.07) is 11.2. The number of aromatic nitrogens is 1. The quantitative estimate of drug-likeness (QED) is 0.638. The Balaban J connectivity index is 0.00000392. The normalized spacial score (nSPS) is 12.0. The third-order valence-corrected chi connectivity index (χ3v) is 4.56. The number of pyridine rings is 1. The second-order valence-electron chi connectivity index (χ2n) is 7.14. The van der Waals surface area contributed by atoms with Crippen molar-refractivity contribution in [3.63, 3.8) is 0 Å². The molecule has 0 aliphatic carbocycles. The van der Waals surface area contributed by atoms with Gasteiger partial charge in [0.2, 0.25) is 0 Å². The Kier molecular flexibility index (Phi) is 9.71. The van der Waals surface area contributed by atoms with Crippen molar-refractivity contribution in [1.82, 2.24) is 10.3 Å². The summed E-state index contributed by atoms with van der Waals surface area (Å²) >= 11 is 5.98. The van der Waals surface area contributed by atoms with Gasteiger partial charge in [0, 0.05) is 30.4 Å². The Hall–Kier alpha value is -1.84. The SMILES string of the molecule is CCc1ccnc(CC(C)(C)NCC(O)COc2cccc(Cl)c2C#N)c1.Cl. The van der Waals surface area contributed by atoms with Gasteiger partial charge in [0.05, 0.1) is 5.02 Å². The molecule has 2 N–H and O–H groups in total. The molecule has 28 heavy (non-hydrogen) atoms. The fourth-order valence-electron chi connectivity index (χ4n) is 2.73. The zero-order valence-electron chi connectivity index (χ0n) is 16.4. The van der Waals surface area contributed by atoms with Crippen molar-refractivity contribution in [2.45, 2.75) is 45.3 Å². The van der Waals surface area contributed by atoms with Gasteiger partial charge in [0.15, 0.2) is 0 Å². The summed E-state index contributed by atoms with van der Waals surface area (Å²) < 4.78 is 5.58. The van der Waals surface area contributed by atoms with Crippen LogP contribution in [0.1, 0.15) is 37.6 Å². The molecule has 0 saturated carbocycles. The minimum atomic E-state index is -0.718. The number of ether oxygens (including phenoxy) is 1. The van der Waals surface area contributed by atoms with Crippen LogP contribution in [0.3, 0.4) is 0 Å². The maximum atomic E-state index is 10.2. The summed E-state index contributed by atoms with van der Waals surface area (Å²) in [7, 11) is 0. The van der Waals surface area contributed by atoms with E-state index in [0.29, 0.717) is 17.3 Å². The molecule has 1 heterocycles. The van der Waals surface area contributed by atoms with Gasteiger partial charge < -0.3 is 15.2 Å². The molecule has 0 spiro atoms. The molecule has 1 aromatic carbocycles. The smallest absolute Gasteiger partial charge is 0.138 e. The molecule has 2 rings (SSSR count). The summed E-state index contributed by atoms with van der Waals surface area (Å²) in [5.41, 5.74) is 2.34. The molecule has 0 fully saturated rings. The molecule has 152 valence electrons. The van der Waals surface area contributed by atoms with Crippen molar-refractivity contribution in [3.8, 4) is 11.8 Å². The number of halogens is 2. The molecule has 2 aromatic rings. The number of nitrogens with zero attached hydrogens (tertiary/aromatic N) is 2. The van der Waals surface area contributed by atoms with Crippen LogP contribution in [-0.2, 0) is 12.8 Å². The number of aryl methyl sites for hydroxylation is 1. The lowest BCUT2D eigenvalue weighted by Crippen LogP contribution is -2.46. The first-order valence-electron chi connectivity index (χ1n) is 9.03. The number of aliphatic hydroxyl groups excluding tert-OH is 1. The number of nitrogens with one attached hydrogen (secondary N) is 1. The van der Waals surface area contributed by atoms with Gasteiger partial charge in [-0.1, -0.05) is 24.6 Å². The van der Waals surface area contributed by atoms with Crippen LogP contribution < -0.4 is 10.1 Å². The van der Waals surface area contributed by atoms with Gasteiger partial charge in [-0.25, -0.2) is 0 Å². The van der Waals surface area contributed by atoms with E-state index in [9.17, 15) is 5.11 Å². The minimum absolute atomic E-state index is 0.